The van der Waals surface area contributed by atoms with E-state index < -0.39 is 0 Å². The second-order valence-corrected chi connectivity index (χ2v) is 5.13. The average Bonchev–Trinajstić information content (AvgIpc) is 2.46. The van der Waals surface area contributed by atoms with Crippen molar-refractivity contribution in [2.45, 2.75) is 6.42 Å². The first-order valence-corrected chi connectivity index (χ1v) is 7.01. The van der Waals surface area contributed by atoms with Crippen LogP contribution in [-0.4, -0.2) is 50.6 Å². The monoisotopic (exact) mass is 281 g/mol. The molecule has 19 heavy (non-hydrogen) atoms. The summed E-state index contributed by atoms with van der Waals surface area (Å²) in [5.74, 6) is 0.241. The van der Waals surface area contributed by atoms with E-state index in [1.54, 1.807) is 0 Å². The first-order valence-electron chi connectivity index (χ1n) is 6.63. The van der Waals surface area contributed by atoms with Gasteiger partial charge in [-0.25, -0.2) is 0 Å². The van der Waals surface area contributed by atoms with Crippen molar-refractivity contribution in [2.75, 3.05) is 44.7 Å². The molecule has 0 saturated carbocycles. The standard InChI is InChI=1S/C14H20ClN3O/c1-16-7-6-14(19)18-10-8-17(9-11-18)13-4-2-12(15)3-5-13/h2-5,16H,6-11H2,1H3. The Morgan fingerprint density at radius 3 is 2.42 bits per heavy atom. The molecule has 1 aliphatic heterocycles. The quantitative estimate of drug-likeness (QED) is 0.911. The molecule has 1 N–H and O–H groups in total. The molecule has 0 radical (unpaired) electrons. The van der Waals surface area contributed by atoms with Crippen molar-refractivity contribution in [1.82, 2.24) is 10.2 Å². The molecule has 5 heteroatoms. The van der Waals surface area contributed by atoms with Gasteiger partial charge in [-0.3, -0.25) is 4.79 Å². The lowest BCUT2D eigenvalue weighted by Crippen LogP contribution is -2.49. The Kier molecular flexibility index (Phi) is 5.05. The lowest BCUT2D eigenvalue weighted by Gasteiger charge is -2.36. The number of carbonyl (C=O) groups is 1. The number of nitrogens with zero attached hydrogens (tertiary/aromatic N) is 2. The maximum absolute atomic E-state index is 11.9. The number of benzene rings is 1. The molecule has 1 aliphatic rings. The molecule has 0 aliphatic carbocycles. The van der Waals surface area contributed by atoms with Gasteiger partial charge in [-0.15, -0.1) is 0 Å². The summed E-state index contributed by atoms with van der Waals surface area (Å²) < 4.78 is 0. The van der Waals surface area contributed by atoms with Crippen molar-refractivity contribution in [3.8, 4) is 0 Å². The highest BCUT2D eigenvalue weighted by molar-refractivity contribution is 6.30. The minimum atomic E-state index is 0.241. The third-order valence-electron chi connectivity index (χ3n) is 3.41. The van der Waals surface area contributed by atoms with Crippen molar-refractivity contribution < 1.29 is 4.79 Å². The summed E-state index contributed by atoms with van der Waals surface area (Å²) in [5, 5.41) is 3.76. The van der Waals surface area contributed by atoms with Crippen LogP contribution in [0.4, 0.5) is 5.69 Å². The predicted octanol–water partition coefficient (Wildman–Crippen LogP) is 1.60. The fraction of sp³-hybridized carbons (Fsp3) is 0.500. The third-order valence-corrected chi connectivity index (χ3v) is 3.66. The molecule has 0 bridgehead atoms. The van der Waals surface area contributed by atoms with E-state index in [2.05, 4.69) is 10.2 Å². The van der Waals surface area contributed by atoms with Crippen LogP contribution in [0.25, 0.3) is 0 Å². The fourth-order valence-corrected chi connectivity index (χ4v) is 2.38. The number of rotatable bonds is 4. The van der Waals surface area contributed by atoms with Crippen LogP contribution in [0.2, 0.25) is 5.02 Å². The Labute approximate surface area is 119 Å². The normalized spacial score (nSPS) is 15.7. The number of hydrogen-bond donors (Lipinski definition) is 1. The van der Waals surface area contributed by atoms with Crippen LogP contribution < -0.4 is 10.2 Å². The molecule has 1 amide bonds. The lowest BCUT2D eigenvalue weighted by atomic mass is 10.2. The molecule has 0 unspecified atom stereocenters. The van der Waals surface area contributed by atoms with Crippen LogP contribution in [0.3, 0.4) is 0 Å². The van der Waals surface area contributed by atoms with E-state index in [0.717, 1.165) is 37.7 Å². The summed E-state index contributed by atoms with van der Waals surface area (Å²) in [6.45, 7) is 4.10. The summed E-state index contributed by atoms with van der Waals surface area (Å²) in [7, 11) is 1.87. The van der Waals surface area contributed by atoms with Crippen LogP contribution in [0, 0.1) is 0 Å². The first kappa shape index (κ1) is 14.2. The van der Waals surface area contributed by atoms with Crippen LogP contribution >= 0.6 is 11.6 Å². The van der Waals surface area contributed by atoms with Gasteiger partial charge in [0.05, 0.1) is 0 Å². The fourth-order valence-electron chi connectivity index (χ4n) is 2.26. The number of carbonyl (C=O) groups excluding carboxylic acids is 1. The maximum atomic E-state index is 11.9. The van der Waals surface area contributed by atoms with Crippen LogP contribution in [0.15, 0.2) is 24.3 Å². The van der Waals surface area contributed by atoms with Gasteiger partial charge in [0.2, 0.25) is 5.91 Å². The summed E-state index contributed by atoms with van der Waals surface area (Å²) >= 11 is 5.89. The zero-order valence-corrected chi connectivity index (χ0v) is 12.0. The third kappa shape index (κ3) is 3.85. The Morgan fingerprint density at radius 2 is 1.84 bits per heavy atom. The average molecular weight is 282 g/mol. The number of nitrogens with one attached hydrogen (secondary N) is 1. The van der Waals surface area contributed by atoms with Gasteiger partial charge in [0, 0.05) is 49.9 Å². The van der Waals surface area contributed by atoms with Crippen LogP contribution in [0.1, 0.15) is 6.42 Å². The summed E-state index contributed by atoms with van der Waals surface area (Å²) in [4.78, 5) is 16.1. The Balaban J connectivity index is 1.85. The zero-order valence-electron chi connectivity index (χ0n) is 11.2. The van der Waals surface area contributed by atoms with Gasteiger partial charge < -0.3 is 15.1 Å². The number of piperazine rings is 1. The zero-order chi connectivity index (χ0) is 13.7. The van der Waals surface area contributed by atoms with E-state index in [1.165, 1.54) is 5.69 Å². The highest BCUT2D eigenvalue weighted by atomic mass is 35.5. The van der Waals surface area contributed by atoms with Crippen molar-refractivity contribution in [1.29, 1.82) is 0 Å². The van der Waals surface area contributed by atoms with Crippen molar-refractivity contribution >= 4 is 23.2 Å². The van der Waals surface area contributed by atoms with E-state index in [-0.39, 0.29) is 5.91 Å². The minimum absolute atomic E-state index is 0.241. The largest absolute Gasteiger partial charge is 0.368 e. The summed E-state index contributed by atoms with van der Waals surface area (Å²) in [5.41, 5.74) is 1.17. The van der Waals surface area contributed by atoms with Crippen molar-refractivity contribution in [3.63, 3.8) is 0 Å². The number of halogens is 1. The van der Waals surface area contributed by atoms with E-state index in [1.807, 2.05) is 36.2 Å². The lowest BCUT2D eigenvalue weighted by molar-refractivity contribution is -0.131. The van der Waals surface area contributed by atoms with Crippen LogP contribution in [0.5, 0.6) is 0 Å². The Bertz CT molecular complexity index is 413. The molecule has 104 valence electrons. The predicted molar refractivity (Wildman–Crippen MR) is 78.8 cm³/mol. The highest BCUT2D eigenvalue weighted by Gasteiger charge is 2.20. The number of anilines is 1. The van der Waals surface area contributed by atoms with Gasteiger partial charge in [-0.1, -0.05) is 11.6 Å². The van der Waals surface area contributed by atoms with Gasteiger partial charge in [-0.2, -0.15) is 0 Å². The minimum Gasteiger partial charge on any atom is -0.368 e. The molecular weight excluding hydrogens is 262 g/mol. The molecular formula is C14H20ClN3O. The second-order valence-electron chi connectivity index (χ2n) is 4.70. The number of hydrogen-bond acceptors (Lipinski definition) is 3. The van der Waals surface area contributed by atoms with Crippen LogP contribution in [-0.2, 0) is 4.79 Å². The van der Waals surface area contributed by atoms with E-state index in [0.29, 0.717) is 6.42 Å². The van der Waals surface area contributed by atoms with Gasteiger partial charge in [-0.05, 0) is 31.3 Å². The molecule has 1 saturated heterocycles. The molecule has 0 atom stereocenters. The Morgan fingerprint density at radius 1 is 1.21 bits per heavy atom. The van der Waals surface area contributed by atoms with E-state index in [4.69, 9.17) is 11.6 Å². The molecule has 1 fully saturated rings. The van der Waals surface area contributed by atoms with E-state index in [9.17, 15) is 4.79 Å². The first-order chi connectivity index (χ1) is 9.20. The topological polar surface area (TPSA) is 35.6 Å². The molecule has 4 nitrogen and oxygen atoms in total. The van der Waals surface area contributed by atoms with Gasteiger partial charge in [0.25, 0.3) is 0 Å². The van der Waals surface area contributed by atoms with Gasteiger partial charge in [0.15, 0.2) is 0 Å². The van der Waals surface area contributed by atoms with Gasteiger partial charge >= 0.3 is 0 Å². The SMILES string of the molecule is CNCCC(=O)N1CCN(c2ccc(Cl)cc2)CC1. The Hall–Kier alpha value is -1.26. The van der Waals surface area contributed by atoms with Crippen molar-refractivity contribution in [3.05, 3.63) is 29.3 Å². The van der Waals surface area contributed by atoms with Crippen molar-refractivity contribution in [2.24, 2.45) is 0 Å². The molecule has 1 aromatic rings. The molecule has 2 rings (SSSR count). The van der Waals surface area contributed by atoms with E-state index >= 15 is 0 Å². The van der Waals surface area contributed by atoms with Gasteiger partial charge in [0.1, 0.15) is 0 Å². The maximum Gasteiger partial charge on any atom is 0.223 e. The summed E-state index contributed by atoms with van der Waals surface area (Å²) in [6.07, 6.45) is 0.581. The summed E-state index contributed by atoms with van der Waals surface area (Å²) in [6, 6.07) is 7.87. The molecule has 0 aromatic heterocycles. The molecule has 1 aromatic carbocycles. The molecule has 0 spiro atoms. The second kappa shape index (κ2) is 6.78. The smallest absolute Gasteiger partial charge is 0.223 e. The molecule has 1 heterocycles. The number of amides is 1. The highest BCUT2D eigenvalue weighted by Crippen LogP contribution is 2.19.